The minimum absolute atomic E-state index is 0.0775. The van der Waals surface area contributed by atoms with E-state index in [0.29, 0.717) is 5.56 Å². The van der Waals surface area contributed by atoms with E-state index in [1.807, 2.05) is 60.7 Å². The Hall–Kier alpha value is -2.82. The van der Waals surface area contributed by atoms with Crippen LogP contribution in [-0.2, 0) is 22.7 Å². The highest BCUT2D eigenvalue weighted by atomic mass is 16.7. The molecular weight excluding hydrogens is 340 g/mol. The number of ether oxygens (including phenoxy) is 4. The molecule has 0 bridgehead atoms. The van der Waals surface area contributed by atoms with Crippen molar-refractivity contribution in [3.05, 3.63) is 95.5 Å². The normalized spacial score (nSPS) is 11.8. The summed E-state index contributed by atoms with van der Waals surface area (Å²) in [5.41, 5.74) is 2.33. The van der Waals surface area contributed by atoms with E-state index in [2.05, 4.69) is 0 Å². The second-order valence-corrected chi connectivity index (χ2v) is 5.88. The van der Waals surface area contributed by atoms with Gasteiger partial charge in [-0.15, -0.1) is 0 Å². The van der Waals surface area contributed by atoms with Crippen LogP contribution < -0.4 is 9.47 Å². The monoisotopic (exact) mass is 366 g/mol. The van der Waals surface area contributed by atoms with E-state index in [-0.39, 0.29) is 36.8 Å². The lowest BCUT2D eigenvalue weighted by Gasteiger charge is -2.18. The fraction of sp³-hybridized carbons (Fsp3) is 0.217. The average molecular weight is 366 g/mol. The van der Waals surface area contributed by atoms with E-state index in [9.17, 15) is 0 Å². The molecule has 4 heteroatoms. The van der Waals surface area contributed by atoms with Gasteiger partial charge in [-0.25, -0.2) is 0 Å². The Morgan fingerprint density at radius 2 is 1.26 bits per heavy atom. The summed E-state index contributed by atoms with van der Waals surface area (Å²) >= 11 is 0. The Labute approximate surface area is 163 Å². The third-order valence-corrected chi connectivity index (χ3v) is 3.96. The van der Waals surface area contributed by atoms with E-state index in [4.69, 9.17) is 21.7 Å². The van der Waals surface area contributed by atoms with Crippen LogP contribution >= 0.6 is 0 Å². The highest BCUT2D eigenvalue weighted by molar-refractivity contribution is 5.43. The largest absolute Gasteiger partial charge is 0.485 e. The van der Waals surface area contributed by atoms with Crippen LogP contribution in [0.2, 0.25) is 0 Å². The van der Waals surface area contributed by atoms with Crippen LogP contribution in [0.4, 0.5) is 0 Å². The van der Waals surface area contributed by atoms with Gasteiger partial charge in [-0.3, -0.25) is 0 Å². The van der Waals surface area contributed by atoms with Crippen molar-refractivity contribution in [2.24, 2.45) is 0 Å². The van der Waals surface area contributed by atoms with Crippen molar-refractivity contribution in [3.63, 3.8) is 0 Å². The molecule has 0 heterocycles. The van der Waals surface area contributed by atoms with Crippen molar-refractivity contribution in [2.75, 3.05) is 14.2 Å². The van der Waals surface area contributed by atoms with Crippen LogP contribution in [0.15, 0.2) is 78.8 Å². The predicted octanol–water partition coefficient (Wildman–Crippen LogP) is 5.14. The second kappa shape index (κ2) is 9.76. The fourth-order valence-electron chi connectivity index (χ4n) is 2.58. The van der Waals surface area contributed by atoms with Crippen molar-refractivity contribution in [3.8, 4) is 11.5 Å². The first-order valence-corrected chi connectivity index (χ1v) is 8.67. The molecule has 0 aromatic heterocycles. The maximum Gasteiger partial charge on any atom is 0.183 e. The van der Waals surface area contributed by atoms with Gasteiger partial charge in [0.15, 0.2) is 17.8 Å². The molecule has 140 valence electrons. The van der Waals surface area contributed by atoms with Gasteiger partial charge in [0, 0.05) is 19.8 Å². The molecule has 0 unspecified atom stereocenters. The first-order chi connectivity index (χ1) is 14.1. The summed E-state index contributed by atoms with van der Waals surface area (Å²) in [4.78, 5) is 0. The van der Waals surface area contributed by atoms with Crippen LogP contribution in [-0.4, -0.2) is 14.2 Å². The number of hydrogen-bond acceptors (Lipinski definition) is 4. The Morgan fingerprint density at radius 3 is 1.78 bits per heavy atom. The van der Waals surface area contributed by atoms with Crippen molar-refractivity contribution >= 4 is 0 Å². The smallest absolute Gasteiger partial charge is 0.183 e. The summed E-state index contributed by atoms with van der Waals surface area (Å²) in [6, 6.07) is 21.0. The highest BCUT2D eigenvalue weighted by Gasteiger charge is 2.14. The van der Waals surface area contributed by atoms with Gasteiger partial charge in [-0.1, -0.05) is 66.7 Å². The number of rotatable bonds is 9. The van der Waals surface area contributed by atoms with Crippen LogP contribution in [0, 0.1) is 0 Å². The summed E-state index contributed by atoms with van der Waals surface area (Å²) in [6.45, 7) is 0.521. The Balaban J connectivity index is 1.94. The summed E-state index contributed by atoms with van der Waals surface area (Å²) in [5.74, 6) is 0.427. The third-order valence-electron chi connectivity index (χ3n) is 3.96. The van der Waals surface area contributed by atoms with Crippen LogP contribution in [0.25, 0.3) is 0 Å². The maximum absolute atomic E-state index is 8.62. The van der Waals surface area contributed by atoms with Crippen molar-refractivity contribution in [1.29, 1.82) is 0 Å². The first kappa shape index (κ1) is 16.4. The van der Waals surface area contributed by atoms with Gasteiger partial charge in [0.05, 0.1) is 2.74 Å². The van der Waals surface area contributed by atoms with Crippen molar-refractivity contribution < 1.29 is 21.7 Å². The first-order valence-electron chi connectivity index (χ1n) is 9.67. The minimum Gasteiger partial charge on any atom is -0.485 e. The van der Waals surface area contributed by atoms with Gasteiger partial charge in [0.25, 0.3) is 0 Å². The van der Waals surface area contributed by atoms with Crippen molar-refractivity contribution in [2.45, 2.75) is 19.5 Å². The van der Waals surface area contributed by atoms with Gasteiger partial charge < -0.3 is 18.9 Å². The highest BCUT2D eigenvalue weighted by Crippen LogP contribution is 2.33. The second-order valence-electron chi connectivity index (χ2n) is 5.88. The SMILES string of the molecule is [2H]c1cc(C(OC)OC)c([2H])c(OCc2ccccc2)c1OCc1ccccc1. The molecule has 0 aliphatic carbocycles. The molecule has 4 nitrogen and oxygen atoms in total. The molecule has 3 rings (SSSR count). The molecule has 0 atom stereocenters. The Kier molecular flexibility index (Phi) is 5.91. The molecule has 0 fully saturated rings. The molecule has 0 N–H and O–H groups in total. The zero-order chi connectivity index (χ0) is 20.6. The standard InChI is InChI=1S/C23H24O4/c1-24-23(25-2)20-13-14-21(26-16-18-9-5-3-6-10-18)22(15-20)27-17-19-11-7-4-8-12-19/h3-15,23H,16-17H2,1-2H3/i14D,15D. The molecule has 0 amide bonds. The van der Waals surface area contributed by atoms with Crippen molar-refractivity contribution in [1.82, 2.24) is 0 Å². The van der Waals surface area contributed by atoms with E-state index in [0.717, 1.165) is 11.1 Å². The van der Waals surface area contributed by atoms with Gasteiger partial charge in [0.1, 0.15) is 13.2 Å². The summed E-state index contributed by atoms with van der Waals surface area (Å²) < 4.78 is 39.5. The molecule has 0 aliphatic rings. The average Bonchev–Trinajstić information content (AvgIpc) is 2.76. The maximum atomic E-state index is 8.62. The fourth-order valence-corrected chi connectivity index (χ4v) is 2.58. The van der Waals surface area contributed by atoms with E-state index in [1.165, 1.54) is 20.3 Å². The van der Waals surface area contributed by atoms with Gasteiger partial charge in [-0.05, 0) is 23.2 Å². The number of methoxy groups -OCH3 is 2. The van der Waals surface area contributed by atoms with E-state index >= 15 is 0 Å². The lowest BCUT2D eigenvalue weighted by Crippen LogP contribution is -2.06. The lowest BCUT2D eigenvalue weighted by molar-refractivity contribution is -0.106. The Bertz CT molecular complexity index is 913. The van der Waals surface area contributed by atoms with Crippen LogP contribution in [0.1, 0.15) is 25.7 Å². The summed E-state index contributed by atoms with van der Waals surface area (Å²) in [5, 5.41) is 0. The Morgan fingerprint density at radius 1 is 0.741 bits per heavy atom. The van der Waals surface area contributed by atoms with Crippen LogP contribution in [0.3, 0.4) is 0 Å². The molecule has 0 saturated heterocycles. The molecule has 0 saturated carbocycles. The zero-order valence-electron chi connectivity index (χ0n) is 17.5. The van der Waals surface area contributed by atoms with Gasteiger partial charge in [-0.2, -0.15) is 0 Å². The number of hydrogen-bond donors (Lipinski definition) is 0. The third kappa shape index (κ3) is 5.33. The predicted molar refractivity (Wildman–Crippen MR) is 105 cm³/mol. The quantitative estimate of drug-likeness (QED) is 0.492. The summed E-state index contributed by atoms with van der Waals surface area (Å²) in [6.07, 6.45) is -0.770. The molecular formula is C23H24O4. The van der Waals surface area contributed by atoms with Gasteiger partial charge in [0.2, 0.25) is 0 Å². The topological polar surface area (TPSA) is 36.9 Å². The molecule has 27 heavy (non-hydrogen) atoms. The molecule has 0 aliphatic heterocycles. The zero-order valence-corrected chi connectivity index (χ0v) is 15.5. The molecule has 3 aromatic carbocycles. The lowest BCUT2D eigenvalue weighted by atomic mass is 10.2. The van der Waals surface area contributed by atoms with Crippen LogP contribution in [0.5, 0.6) is 11.5 Å². The molecule has 0 radical (unpaired) electrons. The summed E-state index contributed by atoms with van der Waals surface area (Å²) in [7, 11) is 2.98. The van der Waals surface area contributed by atoms with Gasteiger partial charge >= 0.3 is 0 Å². The molecule has 3 aromatic rings. The number of benzene rings is 3. The molecule has 0 spiro atoms. The minimum atomic E-state index is -0.770. The van der Waals surface area contributed by atoms with E-state index in [1.54, 1.807) is 0 Å². The van der Waals surface area contributed by atoms with E-state index < -0.39 is 6.29 Å².